The fraction of sp³-hybridized carbons (Fsp3) is 0.200. The topological polar surface area (TPSA) is 80.9 Å². The van der Waals surface area contributed by atoms with Crippen molar-refractivity contribution in [2.75, 3.05) is 0 Å². The van der Waals surface area contributed by atoms with Crippen molar-refractivity contribution in [1.82, 2.24) is 19.7 Å². The van der Waals surface area contributed by atoms with E-state index in [2.05, 4.69) is 15.1 Å². The van der Waals surface area contributed by atoms with Crippen LogP contribution in [0.1, 0.15) is 21.7 Å². The summed E-state index contributed by atoms with van der Waals surface area (Å²) in [5, 5.41) is 12.7. The van der Waals surface area contributed by atoms with Gasteiger partial charge in [0.1, 0.15) is 5.56 Å². The SMILES string of the molecule is Cc1cc(C)nc(-n2ncc(C(=O)O)c2Cl)n1. The summed E-state index contributed by atoms with van der Waals surface area (Å²) in [4.78, 5) is 19.1. The Labute approximate surface area is 102 Å². The van der Waals surface area contributed by atoms with Crippen molar-refractivity contribution in [3.8, 4) is 5.95 Å². The molecule has 6 nitrogen and oxygen atoms in total. The molecular formula is C10H9ClN4O2. The van der Waals surface area contributed by atoms with Gasteiger partial charge in [-0.05, 0) is 19.9 Å². The van der Waals surface area contributed by atoms with E-state index in [0.29, 0.717) is 0 Å². The Balaban J connectivity index is 2.57. The van der Waals surface area contributed by atoms with Crippen LogP contribution in [0.3, 0.4) is 0 Å². The molecule has 0 aromatic carbocycles. The lowest BCUT2D eigenvalue weighted by atomic mass is 10.3. The summed E-state index contributed by atoms with van der Waals surface area (Å²) in [6, 6.07) is 1.80. The van der Waals surface area contributed by atoms with Gasteiger partial charge in [-0.25, -0.2) is 14.8 Å². The van der Waals surface area contributed by atoms with Gasteiger partial charge in [0.05, 0.1) is 6.20 Å². The van der Waals surface area contributed by atoms with Crippen LogP contribution in [0.4, 0.5) is 0 Å². The molecule has 0 amide bonds. The zero-order valence-corrected chi connectivity index (χ0v) is 9.93. The van der Waals surface area contributed by atoms with Gasteiger partial charge in [0.2, 0.25) is 0 Å². The quantitative estimate of drug-likeness (QED) is 0.879. The van der Waals surface area contributed by atoms with Crippen LogP contribution in [0.2, 0.25) is 5.15 Å². The molecule has 0 spiro atoms. The molecule has 0 aliphatic carbocycles. The largest absolute Gasteiger partial charge is 0.478 e. The lowest BCUT2D eigenvalue weighted by molar-refractivity contribution is 0.0697. The minimum absolute atomic E-state index is 0.0116. The maximum atomic E-state index is 10.8. The Morgan fingerprint density at radius 3 is 2.41 bits per heavy atom. The molecule has 0 fully saturated rings. The van der Waals surface area contributed by atoms with E-state index >= 15 is 0 Å². The summed E-state index contributed by atoms with van der Waals surface area (Å²) in [5.74, 6) is -0.870. The predicted octanol–water partition coefficient (Wildman–Crippen LogP) is 1.63. The number of aryl methyl sites for hydroxylation is 2. The molecule has 0 saturated heterocycles. The number of rotatable bonds is 2. The van der Waals surface area contributed by atoms with Gasteiger partial charge in [-0.2, -0.15) is 9.78 Å². The van der Waals surface area contributed by atoms with E-state index in [9.17, 15) is 4.79 Å². The summed E-state index contributed by atoms with van der Waals surface area (Å²) in [6.45, 7) is 3.63. The van der Waals surface area contributed by atoms with Crippen LogP contribution in [0, 0.1) is 13.8 Å². The minimum atomic E-state index is -1.13. The fourth-order valence-electron chi connectivity index (χ4n) is 1.42. The van der Waals surface area contributed by atoms with Crippen LogP contribution >= 0.6 is 11.6 Å². The van der Waals surface area contributed by atoms with Crippen LogP contribution in [0.5, 0.6) is 0 Å². The van der Waals surface area contributed by atoms with Gasteiger partial charge in [0.25, 0.3) is 5.95 Å². The molecule has 7 heteroatoms. The highest BCUT2D eigenvalue weighted by Crippen LogP contribution is 2.18. The molecule has 2 aromatic rings. The van der Waals surface area contributed by atoms with E-state index in [0.717, 1.165) is 11.4 Å². The number of carboxylic acids is 1. The van der Waals surface area contributed by atoms with Gasteiger partial charge in [0.15, 0.2) is 5.15 Å². The van der Waals surface area contributed by atoms with Crippen molar-refractivity contribution < 1.29 is 9.90 Å². The maximum Gasteiger partial charge on any atom is 0.340 e. The first-order chi connectivity index (χ1) is 7.99. The Bertz CT molecular complexity index is 574. The standard InChI is InChI=1S/C10H9ClN4O2/c1-5-3-6(2)14-10(13-5)15-8(11)7(4-12-15)9(16)17/h3-4H,1-2H3,(H,16,17). The lowest BCUT2D eigenvalue weighted by Crippen LogP contribution is -2.06. The first kappa shape index (κ1) is 11.5. The molecule has 17 heavy (non-hydrogen) atoms. The number of aromatic nitrogens is 4. The third-order valence-corrected chi connectivity index (χ3v) is 2.46. The van der Waals surface area contributed by atoms with Gasteiger partial charge in [-0.1, -0.05) is 11.6 Å². The van der Waals surface area contributed by atoms with Crippen molar-refractivity contribution in [3.05, 3.63) is 34.4 Å². The predicted molar refractivity (Wildman–Crippen MR) is 60.6 cm³/mol. The van der Waals surface area contributed by atoms with Gasteiger partial charge in [-0.15, -0.1) is 0 Å². The number of nitrogens with zero attached hydrogens (tertiary/aromatic N) is 4. The van der Waals surface area contributed by atoms with Gasteiger partial charge in [-0.3, -0.25) is 0 Å². The normalized spacial score (nSPS) is 10.5. The maximum absolute atomic E-state index is 10.8. The summed E-state index contributed by atoms with van der Waals surface area (Å²) in [6.07, 6.45) is 1.17. The second-order valence-corrected chi connectivity index (χ2v) is 3.87. The summed E-state index contributed by atoms with van der Waals surface area (Å²) >= 11 is 5.90. The van der Waals surface area contributed by atoms with Gasteiger partial charge in [0, 0.05) is 11.4 Å². The highest BCUT2D eigenvalue weighted by Gasteiger charge is 2.17. The average molecular weight is 253 g/mol. The van der Waals surface area contributed by atoms with E-state index in [4.69, 9.17) is 16.7 Å². The molecule has 1 N–H and O–H groups in total. The highest BCUT2D eigenvalue weighted by atomic mass is 35.5. The minimum Gasteiger partial charge on any atom is -0.478 e. The number of hydrogen-bond donors (Lipinski definition) is 1. The average Bonchev–Trinajstić information content (AvgIpc) is 2.58. The zero-order chi connectivity index (χ0) is 12.6. The molecule has 0 aliphatic heterocycles. The molecule has 0 saturated carbocycles. The van der Waals surface area contributed by atoms with Gasteiger partial charge >= 0.3 is 5.97 Å². The summed E-state index contributed by atoms with van der Waals surface area (Å²) in [5.41, 5.74) is 1.45. The molecule has 0 unspecified atom stereocenters. The number of halogens is 1. The third kappa shape index (κ3) is 2.12. The summed E-state index contributed by atoms with van der Waals surface area (Å²) in [7, 11) is 0. The highest BCUT2D eigenvalue weighted by molar-refractivity contribution is 6.32. The molecule has 0 atom stereocenters. The molecular weight excluding hydrogens is 244 g/mol. The van der Waals surface area contributed by atoms with E-state index in [1.807, 2.05) is 13.8 Å². The number of carboxylic acid groups (broad SMARTS) is 1. The Morgan fingerprint density at radius 1 is 1.35 bits per heavy atom. The van der Waals surface area contributed by atoms with Crippen molar-refractivity contribution in [1.29, 1.82) is 0 Å². The van der Waals surface area contributed by atoms with E-state index in [1.165, 1.54) is 10.9 Å². The molecule has 2 heterocycles. The Hall–Kier alpha value is -1.95. The first-order valence-electron chi connectivity index (χ1n) is 4.78. The molecule has 2 rings (SSSR count). The van der Waals surface area contributed by atoms with Crippen LogP contribution in [0.15, 0.2) is 12.3 Å². The molecule has 0 bridgehead atoms. The third-order valence-electron chi connectivity index (χ3n) is 2.10. The van der Waals surface area contributed by atoms with Crippen molar-refractivity contribution in [3.63, 3.8) is 0 Å². The van der Waals surface area contributed by atoms with Crippen LogP contribution in [-0.2, 0) is 0 Å². The van der Waals surface area contributed by atoms with Crippen LogP contribution in [-0.4, -0.2) is 30.8 Å². The van der Waals surface area contributed by atoms with Gasteiger partial charge < -0.3 is 5.11 Å². The van der Waals surface area contributed by atoms with Crippen LogP contribution < -0.4 is 0 Å². The summed E-state index contributed by atoms with van der Waals surface area (Å²) < 4.78 is 1.20. The second-order valence-electron chi connectivity index (χ2n) is 3.52. The molecule has 0 radical (unpaired) electrons. The van der Waals surface area contributed by atoms with E-state index in [-0.39, 0.29) is 16.7 Å². The van der Waals surface area contributed by atoms with Crippen molar-refractivity contribution >= 4 is 17.6 Å². The smallest absolute Gasteiger partial charge is 0.340 e. The Morgan fingerprint density at radius 2 is 1.94 bits per heavy atom. The number of aromatic carboxylic acids is 1. The molecule has 0 aliphatic rings. The second kappa shape index (κ2) is 4.14. The van der Waals surface area contributed by atoms with E-state index in [1.54, 1.807) is 6.07 Å². The zero-order valence-electron chi connectivity index (χ0n) is 9.18. The van der Waals surface area contributed by atoms with Crippen molar-refractivity contribution in [2.24, 2.45) is 0 Å². The van der Waals surface area contributed by atoms with Crippen molar-refractivity contribution in [2.45, 2.75) is 13.8 Å². The first-order valence-corrected chi connectivity index (χ1v) is 5.16. The number of carbonyl (C=O) groups is 1. The fourth-order valence-corrected chi connectivity index (χ4v) is 1.67. The molecule has 88 valence electrons. The molecule has 2 aromatic heterocycles. The number of hydrogen-bond acceptors (Lipinski definition) is 4. The Kier molecular flexibility index (Phi) is 2.81. The van der Waals surface area contributed by atoms with Crippen LogP contribution in [0.25, 0.3) is 5.95 Å². The lowest BCUT2D eigenvalue weighted by Gasteiger charge is -2.03. The monoisotopic (exact) mass is 252 g/mol. The van der Waals surface area contributed by atoms with E-state index < -0.39 is 5.97 Å².